The van der Waals surface area contributed by atoms with Crippen LogP contribution in [0.2, 0.25) is 0 Å². The van der Waals surface area contributed by atoms with Gasteiger partial charge in [0.05, 0.1) is 23.7 Å². The van der Waals surface area contributed by atoms with Crippen LogP contribution >= 0.6 is 0 Å². The number of aromatic nitrogens is 1. The molecule has 2 aromatic rings. The fraction of sp³-hybridized carbons (Fsp3) is 0.188. The normalized spacial score (nSPS) is 11.4. The molecule has 0 saturated carbocycles. The first-order chi connectivity index (χ1) is 9.69. The average molecular weight is 266 g/mol. The van der Waals surface area contributed by atoms with Crippen molar-refractivity contribution in [1.29, 1.82) is 5.26 Å². The first-order valence-electron chi connectivity index (χ1n) is 6.28. The van der Waals surface area contributed by atoms with E-state index in [1.54, 1.807) is 49.5 Å². The summed E-state index contributed by atoms with van der Waals surface area (Å²) >= 11 is 0. The zero-order valence-electron chi connectivity index (χ0n) is 11.1. The minimum atomic E-state index is -0.348. The number of hydrogen-bond donors (Lipinski definition) is 0. The van der Waals surface area contributed by atoms with E-state index in [1.807, 2.05) is 6.07 Å². The number of pyridine rings is 1. The number of rotatable bonds is 4. The fourth-order valence-corrected chi connectivity index (χ4v) is 1.79. The van der Waals surface area contributed by atoms with Gasteiger partial charge in [0, 0.05) is 6.20 Å². The van der Waals surface area contributed by atoms with Crippen molar-refractivity contribution >= 4 is 5.97 Å². The third kappa shape index (κ3) is 3.66. The lowest BCUT2D eigenvalue weighted by molar-refractivity contribution is -0.147. The zero-order valence-corrected chi connectivity index (χ0v) is 11.1. The van der Waals surface area contributed by atoms with E-state index in [2.05, 4.69) is 11.1 Å². The Morgan fingerprint density at radius 1 is 1.30 bits per heavy atom. The minimum absolute atomic E-state index is 0.154. The molecule has 0 amide bonds. The summed E-state index contributed by atoms with van der Waals surface area (Å²) in [5.74, 6) is -0.319. The molecular formula is C16H14N2O2. The van der Waals surface area contributed by atoms with Crippen molar-refractivity contribution in [2.45, 2.75) is 19.4 Å². The van der Waals surface area contributed by atoms with Crippen molar-refractivity contribution in [2.75, 3.05) is 0 Å². The van der Waals surface area contributed by atoms with Crippen LogP contribution in [0.15, 0.2) is 48.7 Å². The Labute approximate surface area is 117 Å². The highest BCUT2D eigenvalue weighted by atomic mass is 16.5. The molecule has 0 aliphatic carbocycles. The molecule has 1 heterocycles. The van der Waals surface area contributed by atoms with Gasteiger partial charge in [0.25, 0.3) is 0 Å². The van der Waals surface area contributed by atoms with Gasteiger partial charge in [0.15, 0.2) is 0 Å². The van der Waals surface area contributed by atoms with Gasteiger partial charge in [0.2, 0.25) is 0 Å². The maximum absolute atomic E-state index is 11.8. The minimum Gasteiger partial charge on any atom is -0.457 e. The summed E-state index contributed by atoms with van der Waals surface area (Å²) in [5, 5.41) is 8.73. The fourth-order valence-electron chi connectivity index (χ4n) is 1.79. The SMILES string of the molecule is CC(OC(=O)Cc1ccccn1)c1ccc(C#N)cc1. The lowest BCUT2D eigenvalue weighted by Gasteiger charge is -2.13. The molecule has 0 N–H and O–H groups in total. The van der Waals surface area contributed by atoms with Crippen LogP contribution in [0.3, 0.4) is 0 Å². The molecule has 1 unspecified atom stereocenters. The first-order valence-corrected chi connectivity index (χ1v) is 6.28. The molecule has 0 fully saturated rings. The molecule has 4 heteroatoms. The third-order valence-electron chi connectivity index (χ3n) is 2.87. The number of nitriles is 1. The number of benzene rings is 1. The standard InChI is InChI=1S/C16H14N2O2/c1-12(14-7-5-13(11-17)6-8-14)20-16(19)10-15-4-2-3-9-18-15/h2-9,12H,10H2,1H3. The molecule has 1 aromatic heterocycles. The number of ether oxygens (including phenoxy) is 1. The van der Waals surface area contributed by atoms with E-state index in [0.29, 0.717) is 11.3 Å². The molecule has 20 heavy (non-hydrogen) atoms. The Balaban J connectivity index is 1.95. The smallest absolute Gasteiger partial charge is 0.312 e. The molecule has 0 aliphatic heterocycles. The lowest BCUT2D eigenvalue weighted by Crippen LogP contribution is -2.12. The highest BCUT2D eigenvalue weighted by molar-refractivity contribution is 5.72. The van der Waals surface area contributed by atoms with Crippen LogP contribution in [-0.2, 0) is 16.0 Å². The van der Waals surface area contributed by atoms with E-state index in [-0.39, 0.29) is 18.5 Å². The molecule has 100 valence electrons. The maximum Gasteiger partial charge on any atom is 0.312 e. The average Bonchev–Trinajstić information content (AvgIpc) is 2.48. The number of carbonyl (C=O) groups excluding carboxylic acids is 1. The monoisotopic (exact) mass is 266 g/mol. The summed E-state index contributed by atoms with van der Waals surface area (Å²) in [6.45, 7) is 1.80. The lowest BCUT2D eigenvalue weighted by atomic mass is 10.1. The quantitative estimate of drug-likeness (QED) is 0.798. The van der Waals surface area contributed by atoms with Gasteiger partial charge in [0.1, 0.15) is 6.10 Å². The van der Waals surface area contributed by atoms with E-state index < -0.39 is 0 Å². The van der Waals surface area contributed by atoms with Crippen LogP contribution in [0, 0.1) is 11.3 Å². The number of hydrogen-bond acceptors (Lipinski definition) is 4. The van der Waals surface area contributed by atoms with Crippen molar-refractivity contribution in [1.82, 2.24) is 4.98 Å². The van der Waals surface area contributed by atoms with Crippen molar-refractivity contribution in [3.05, 3.63) is 65.5 Å². The Hall–Kier alpha value is -2.67. The van der Waals surface area contributed by atoms with Gasteiger partial charge in [-0.15, -0.1) is 0 Å². The highest BCUT2D eigenvalue weighted by Gasteiger charge is 2.12. The second-order valence-electron chi connectivity index (χ2n) is 4.36. The van der Waals surface area contributed by atoms with Gasteiger partial charge in [-0.05, 0) is 36.8 Å². The summed E-state index contributed by atoms with van der Waals surface area (Å²) in [7, 11) is 0. The molecule has 1 atom stereocenters. The molecule has 0 saturated heterocycles. The molecule has 4 nitrogen and oxygen atoms in total. The van der Waals surface area contributed by atoms with Crippen molar-refractivity contribution < 1.29 is 9.53 Å². The van der Waals surface area contributed by atoms with Gasteiger partial charge < -0.3 is 4.74 Å². The Bertz CT molecular complexity index is 615. The maximum atomic E-state index is 11.8. The van der Waals surface area contributed by atoms with Crippen molar-refractivity contribution in [2.24, 2.45) is 0 Å². The number of carbonyl (C=O) groups is 1. The van der Waals surface area contributed by atoms with Gasteiger partial charge >= 0.3 is 5.97 Å². The highest BCUT2D eigenvalue weighted by Crippen LogP contribution is 2.17. The zero-order chi connectivity index (χ0) is 14.4. The van der Waals surface area contributed by atoms with Crippen LogP contribution in [0.1, 0.15) is 29.8 Å². The topological polar surface area (TPSA) is 63.0 Å². The van der Waals surface area contributed by atoms with Gasteiger partial charge in [-0.2, -0.15) is 5.26 Å². The summed E-state index contributed by atoms with van der Waals surface area (Å²) in [6.07, 6.45) is 1.45. The van der Waals surface area contributed by atoms with E-state index in [1.165, 1.54) is 0 Å². The predicted octanol–water partition coefficient (Wildman–Crippen LogP) is 2.80. The van der Waals surface area contributed by atoms with Crippen LogP contribution in [0.25, 0.3) is 0 Å². The predicted molar refractivity (Wildman–Crippen MR) is 73.6 cm³/mol. The summed E-state index contributed by atoms with van der Waals surface area (Å²) in [5.41, 5.74) is 2.13. The molecule has 2 rings (SSSR count). The van der Waals surface area contributed by atoms with E-state index in [4.69, 9.17) is 10.00 Å². The van der Waals surface area contributed by atoms with Gasteiger partial charge in [-0.25, -0.2) is 0 Å². The molecular weight excluding hydrogens is 252 g/mol. The van der Waals surface area contributed by atoms with Crippen LogP contribution in [-0.4, -0.2) is 11.0 Å². The molecule has 0 bridgehead atoms. The summed E-state index contributed by atoms with van der Waals surface area (Å²) in [4.78, 5) is 15.9. The Kier molecular flexibility index (Phi) is 4.46. The summed E-state index contributed by atoms with van der Waals surface area (Å²) < 4.78 is 5.35. The molecule has 0 spiro atoms. The van der Waals surface area contributed by atoms with E-state index in [0.717, 1.165) is 5.56 Å². The third-order valence-corrected chi connectivity index (χ3v) is 2.87. The van der Waals surface area contributed by atoms with Gasteiger partial charge in [-0.1, -0.05) is 18.2 Å². The van der Waals surface area contributed by atoms with Crippen LogP contribution < -0.4 is 0 Å². The molecule has 0 aliphatic rings. The second kappa shape index (κ2) is 6.48. The van der Waals surface area contributed by atoms with Crippen LogP contribution in [0.4, 0.5) is 0 Å². The summed E-state index contributed by atoms with van der Waals surface area (Å²) in [6, 6.07) is 14.5. The van der Waals surface area contributed by atoms with E-state index in [9.17, 15) is 4.79 Å². The van der Waals surface area contributed by atoms with E-state index >= 15 is 0 Å². The first kappa shape index (κ1) is 13.8. The Morgan fingerprint density at radius 2 is 2.05 bits per heavy atom. The largest absolute Gasteiger partial charge is 0.457 e. The second-order valence-corrected chi connectivity index (χ2v) is 4.36. The Morgan fingerprint density at radius 3 is 2.65 bits per heavy atom. The van der Waals surface area contributed by atoms with Crippen LogP contribution in [0.5, 0.6) is 0 Å². The van der Waals surface area contributed by atoms with Crippen molar-refractivity contribution in [3.8, 4) is 6.07 Å². The molecule has 1 aromatic carbocycles. The van der Waals surface area contributed by atoms with Crippen molar-refractivity contribution in [3.63, 3.8) is 0 Å². The number of esters is 1. The molecule has 0 radical (unpaired) electrons. The van der Waals surface area contributed by atoms with Gasteiger partial charge in [-0.3, -0.25) is 9.78 Å². The number of nitrogens with zero attached hydrogens (tertiary/aromatic N) is 2.